The summed E-state index contributed by atoms with van der Waals surface area (Å²) in [5, 5.41) is 0. The second kappa shape index (κ2) is 8.06. The van der Waals surface area contributed by atoms with Crippen LogP contribution >= 0.6 is 0 Å². The highest BCUT2D eigenvalue weighted by Crippen LogP contribution is 2.45. The van der Waals surface area contributed by atoms with Gasteiger partial charge in [-0.25, -0.2) is 0 Å². The molecule has 124 valence electrons. The molecular weight excluding hydrogens is 288 g/mol. The van der Waals surface area contributed by atoms with E-state index in [0.29, 0.717) is 26.2 Å². The molecule has 6 heteroatoms. The maximum absolute atomic E-state index is 10.4. The monoisotopic (exact) mass is 312 g/mol. The van der Waals surface area contributed by atoms with Crippen molar-refractivity contribution in [3.05, 3.63) is 0 Å². The zero-order chi connectivity index (χ0) is 16.6. The molecule has 0 aliphatic heterocycles. The zero-order valence-electron chi connectivity index (χ0n) is 13.2. The molecule has 2 aliphatic carbocycles. The first-order chi connectivity index (χ1) is 10.5. The summed E-state index contributed by atoms with van der Waals surface area (Å²) in [4.78, 5) is 40.6. The number of ether oxygens (including phenoxy) is 2. The minimum Gasteiger partial charge on any atom is -0.467 e. The molecule has 0 radical (unpaired) electrons. The van der Waals surface area contributed by atoms with E-state index in [1.165, 1.54) is 0 Å². The Balaban J connectivity index is 0.000000220. The highest BCUT2D eigenvalue weighted by Gasteiger charge is 2.43. The Labute approximate surface area is 130 Å². The number of rotatable bonds is 8. The fourth-order valence-corrected chi connectivity index (χ4v) is 2.88. The van der Waals surface area contributed by atoms with Crippen molar-refractivity contribution in [3.63, 3.8) is 0 Å². The van der Waals surface area contributed by atoms with Gasteiger partial charge in [0.2, 0.25) is 0 Å². The van der Waals surface area contributed by atoms with Gasteiger partial charge in [0.25, 0.3) is 12.9 Å². The molecule has 0 spiro atoms. The van der Waals surface area contributed by atoms with Crippen molar-refractivity contribution in [3.8, 4) is 0 Å². The van der Waals surface area contributed by atoms with Gasteiger partial charge in [0, 0.05) is 22.7 Å². The largest absolute Gasteiger partial charge is 0.467 e. The third-order valence-corrected chi connectivity index (χ3v) is 5.13. The van der Waals surface area contributed by atoms with E-state index in [4.69, 9.17) is 0 Å². The van der Waals surface area contributed by atoms with Gasteiger partial charge in [0.1, 0.15) is 12.6 Å². The van der Waals surface area contributed by atoms with Crippen LogP contribution in [0, 0.1) is 22.7 Å². The lowest BCUT2D eigenvalue weighted by Gasteiger charge is -2.43. The predicted molar refractivity (Wildman–Crippen MR) is 77.8 cm³/mol. The third-order valence-electron chi connectivity index (χ3n) is 5.13. The molecule has 0 bridgehead atoms. The lowest BCUT2D eigenvalue weighted by atomic mass is 9.62. The quantitative estimate of drug-likeness (QED) is 0.632. The van der Waals surface area contributed by atoms with Crippen molar-refractivity contribution in [2.45, 2.75) is 39.5 Å². The Hall–Kier alpha value is -1.72. The van der Waals surface area contributed by atoms with Gasteiger partial charge >= 0.3 is 0 Å². The van der Waals surface area contributed by atoms with Crippen LogP contribution in [0.2, 0.25) is 0 Å². The first-order valence-electron chi connectivity index (χ1n) is 7.47. The molecule has 0 heterocycles. The van der Waals surface area contributed by atoms with Gasteiger partial charge in [-0.1, -0.05) is 13.8 Å². The van der Waals surface area contributed by atoms with Crippen LogP contribution in [0.3, 0.4) is 0 Å². The van der Waals surface area contributed by atoms with Crippen LogP contribution < -0.4 is 0 Å². The van der Waals surface area contributed by atoms with Crippen LogP contribution in [-0.4, -0.2) is 38.7 Å². The summed E-state index contributed by atoms with van der Waals surface area (Å²) in [5.41, 5.74) is -0.161. The highest BCUT2D eigenvalue weighted by atomic mass is 16.5. The van der Waals surface area contributed by atoms with Crippen LogP contribution in [0.4, 0.5) is 0 Å². The van der Waals surface area contributed by atoms with Gasteiger partial charge in [0.15, 0.2) is 0 Å². The lowest BCUT2D eigenvalue weighted by Crippen LogP contribution is -2.42. The smallest absolute Gasteiger partial charge is 0.293 e. The minimum absolute atomic E-state index is 0.0807. The Morgan fingerprint density at radius 2 is 1.18 bits per heavy atom. The van der Waals surface area contributed by atoms with E-state index in [0.717, 1.165) is 38.3 Å². The molecule has 0 aromatic heterocycles. The van der Waals surface area contributed by atoms with Crippen molar-refractivity contribution in [1.29, 1.82) is 0 Å². The van der Waals surface area contributed by atoms with Crippen LogP contribution in [0.5, 0.6) is 0 Å². The standard InChI is InChI=1S/2C8H12O3/c2*1-8(5-11-6-10)3-2-7(8)4-9/h2*4,6-7H,2-3,5H2,1H3/t2*7-,8-/m10/s1. The first-order valence-corrected chi connectivity index (χ1v) is 7.47. The molecule has 0 amide bonds. The summed E-state index contributed by atoms with van der Waals surface area (Å²) in [6, 6.07) is 0. The van der Waals surface area contributed by atoms with Crippen molar-refractivity contribution in [1.82, 2.24) is 0 Å². The number of carbonyl (C=O) groups excluding carboxylic acids is 4. The maximum atomic E-state index is 10.4. The van der Waals surface area contributed by atoms with Gasteiger partial charge in [-0.05, 0) is 25.7 Å². The first kappa shape index (κ1) is 18.3. The van der Waals surface area contributed by atoms with Gasteiger partial charge < -0.3 is 19.1 Å². The zero-order valence-corrected chi connectivity index (χ0v) is 13.2. The fourth-order valence-electron chi connectivity index (χ4n) is 2.88. The Kier molecular flexibility index (Phi) is 6.71. The molecule has 22 heavy (non-hydrogen) atoms. The molecule has 2 saturated carbocycles. The summed E-state index contributed by atoms with van der Waals surface area (Å²) in [5.74, 6) is 0.171. The van der Waals surface area contributed by atoms with E-state index in [1.807, 2.05) is 13.8 Å². The summed E-state index contributed by atoms with van der Waals surface area (Å²) in [7, 11) is 0. The number of carbonyl (C=O) groups is 4. The molecule has 0 N–H and O–H groups in total. The van der Waals surface area contributed by atoms with E-state index in [1.54, 1.807) is 0 Å². The normalized spacial score (nSPS) is 35.5. The van der Waals surface area contributed by atoms with Gasteiger partial charge in [0.05, 0.1) is 13.2 Å². The molecule has 0 aromatic rings. The summed E-state index contributed by atoms with van der Waals surface area (Å²) in [6.45, 7) is 5.56. The SMILES string of the molecule is C[C@@]1(COC=O)CC[C@H]1C=O.C[C@]1(COC=O)CC[C@@H]1C=O. The lowest BCUT2D eigenvalue weighted by molar-refractivity contribution is -0.140. The molecular formula is C16H24O6. The summed E-state index contributed by atoms with van der Waals surface area (Å²) in [6.07, 6.45) is 5.73. The van der Waals surface area contributed by atoms with Crippen LogP contribution in [0.1, 0.15) is 39.5 Å². The van der Waals surface area contributed by atoms with E-state index in [9.17, 15) is 19.2 Å². The van der Waals surface area contributed by atoms with Crippen molar-refractivity contribution in [2.24, 2.45) is 22.7 Å². The van der Waals surface area contributed by atoms with Crippen LogP contribution in [0.25, 0.3) is 0 Å². The number of hydrogen-bond donors (Lipinski definition) is 0. The molecule has 6 nitrogen and oxygen atoms in total. The molecule has 2 fully saturated rings. The number of hydrogen-bond acceptors (Lipinski definition) is 6. The highest BCUT2D eigenvalue weighted by molar-refractivity contribution is 5.57. The Morgan fingerprint density at radius 1 is 0.818 bits per heavy atom. The van der Waals surface area contributed by atoms with Gasteiger partial charge in [-0.15, -0.1) is 0 Å². The Bertz CT molecular complexity index is 371. The van der Waals surface area contributed by atoms with Gasteiger partial charge in [-0.2, -0.15) is 0 Å². The van der Waals surface area contributed by atoms with Crippen LogP contribution in [0.15, 0.2) is 0 Å². The molecule has 2 rings (SSSR count). The van der Waals surface area contributed by atoms with E-state index >= 15 is 0 Å². The second-order valence-electron chi connectivity index (χ2n) is 6.69. The van der Waals surface area contributed by atoms with Crippen LogP contribution in [-0.2, 0) is 28.7 Å². The molecule has 0 unspecified atom stereocenters. The predicted octanol–water partition coefficient (Wildman–Crippen LogP) is 1.55. The molecule has 4 atom stereocenters. The summed E-state index contributed by atoms with van der Waals surface area (Å²) < 4.78 is 9.27. The van der Waals surface area contributed by atoms with Crippen molar-refractivity contribution in [2.75, 3.05) is 13.2 Å². The molecule has 0 saturated heterocycles. The number of aldehydes is 2. The van der Waals surface area contributed by atoms with Crippen molar-refractivity contribution >= 4 is 25.5 Å². The second-order valence-corrected chi connectivity index (χ2v) is 6.69. The average molecular weight is 312 g/mol. The Morgan fingerprint density at radius 3 is 1.36 bits per heavy atom. The van der Waals surface area contributed by atoms with Crippen molar-refractivity contribution < 1.29 is 28.7 Å². The maximum Gasteiger partial charge on any atom is 0.293 e. The van der Waals surface area contributed by atoms with E-state index in [-0.39, 0.29) is 22.7 Å². The minimum atomic E-state index is -0.0807. The summed E-state index contributed by atoms with van der Waals surface area (Å²) >= 11 is 0. The van der Waals surface area contributed by atoms with E-state index < -0.39 is 0 Å². The van der Waals surface area contributed by atoms with Gasteiger partial charge in [-0.3, -0.25) is 9.59 Å². The third kappa shape index (κ3) is 4.15. The fraction of sp³-hybridized carbons (Fsp3) is 0.750. The topological polar surface area (TPSA) is 86.7 Å². The van der Waals surface area contributed by atoms with E-state index in [2.05, 4.69) is 9.47 Å². The average Bonchev–Trinajstić information content (AvgIpc) is 2.49. The molecule has 2 aliphatic rings. The molecule has 0 aromatic carbocycles.